The van der Waals surface area contributed by atoms with Gasteiger partial charge in [-0.05, 0) is 13.3 Å². The van der Waals surface area contributed by atoms with Gasteiger partial charge in [0.2, 0.25) is 15.4 Å². The Morgan fingerprint density at radius 3 is 2.68 bits per heavy atom. The lowest BCUT2D eigenvalue weighted by Gasteiger charge is -2.15. The summed E-state index contributed by atoms with van der Waals surface area (Å²) in [6.45, 7) is 3.40. The van der Waals surface area contributed by atoms with Gasteiger partial charge in [-0.1, -0.05) is 11.3 Å². The monoisotopic (exact) mass is 326 g/mol. The van der Waals surface area contributed by atoms with Gasteiger partial charge in [-0.15, -0.1) is 21.8 Å². The molecule has 1 aromatic heterocycles. The largest absolute Gasteiger partial charge is 0.301 e. The molecule has 0 aliphatic carbocycles. The minimum Gasteiger partial charge on any atom is -0.301 e. The third-order valence-electron chi connectivity index (χ3n) is 2.16. The minimum atomic E-state index is -3.68. The van der Waals surface area contributed by atoms with Crippen molar-refractivity contribution in [1.29, 1.82) is 0 Å². The summed E-state index contributed by atoms with van der Waals surface area (Å²) in [5, 5.41) is 9.62. The second-order valence-corrected chi connectivity index (χ2v) is 7.89. The van der Waals surface area contributed by atoms with Crippen molar-refractivity contribution in [3.63, 3.8) is 0 Å². The topological polar surface area (TPSA) is 92.3 Å². The zero-order valence-electron chi connectivity index (χ0n) is 10.8. The minimum absolute atomic E-state index is 0.109. The number of carbonyl (C=O) groups excluding carboxylic acids is 1. The predicted octanol–water partition coefficient (Wildman–Crippen LogP) is 1.13. The van der Waals surface area contributed by atoms with E-state index in [0.717, 1.165) is 11.3 Å². The van der Waals surface area contributed by atoms with Gasteiger partial charge in [0.25, 0.3) is 10.0 Å². The maximum Gasteiger partial charge on any atom is 0.272 e. The van der Waals surface area contributed by atoms with Crippen molar-refractivity contribution >= 4 is 44.0 Å². The van der Waals surface area contributed by atoms with Crippen LogP contribution in [0.3, 0.4) is 0 Å². The number of rotatable bonds is 6. The van der Waals surface area contributed by atoms with Crippen LogP contribution in [0.1, 0.15) is 20.3 Å². The lowest BCUT2D eigenvalue weighted by Crippen LogP contribution is -2.29. The van der Waals surface area contributed by atoms with Crippen molar-refractivity contribution in [3.05, 3.63) is 0 Å². The van der Waals surface area contributed by atoms with E-state index in [1.807, 2.05) is 0 Å². The molecule has 19 heavy (non-hydrogen) atoms. The molecule has 108 valence electrons. The number of aromatic nitrogens is 2. The molecule has 1 aromatic rings. The molecule has 1 heterocycles. The first-order valence-corrected chi connectivity index (χ1v) is 8.14. The van der Waals surface area contributed by atoms with E-state index in [1.165, 1.54) is 18.3 Å². The number of nitrogens with one attached hydrogen (secondary N) is 1. The van der Waals surface area contributed by atoms with Crippen LogP contribution in [0, 0.1) is 0 Å². The molecule has 1 amide bonds. The van der Waals surface area contributed by atoms with Crippen LogP contribution in [-0.2, 0) is 14.8 Å². The van der Waals surface area contributed by atoms with Gasteiger partial charge in [-0.25, -0.2) is 8.42 Å². The van der Waals surface area contributed by atoms with Crippen molar-refractivity contribution in [1.82, 2.24) is 14.5 Å². The van der Waals surface area contributed by atoms with Gasteiger partial charge >= 0.3 is 0 Å². The third kappa shape index (κ3) is 4.68. The third-order valence-corrected chi connectivity index (χ3v) is 5.42. The Kier molecular flexibility index (Phi) is 5.65. The van der Waals surface area contributed by atoms with E-state index in [4.69, 9.17) is 11.6 Å². The van der Waals surface area contributed by atoms with Gasteiger partial charge in [0.1, 0.15) is 0 Å². The van der Waals surface area contributed by atoms with Crippen LogP contribution < -0.4 is 5.32 Å². The van der Waals surface area contributed by atoms with Crippen molar-refractivity contribution in [2.24, 2.45) is 0 Å². The maximum atomic E-state index is 12.1. The van der Waals surface area contributed by atoms with Gasteiger partial charge in [-0.3, -0.25) is 4.79 Å². The highest BCUT2D eigenvalue weighted by Crippen LogP contribution is 2.22. The van der Waals surface area contributed by atoms with Crippen molar-refractivity contribution in [3.8, 4) is 0 Å². The lowest BCUT2D eigenvalue weighted by atomic mass is 10.3. The summed E-state index contributed by atoms with van der Waals surface area (Å²) in [7, 11) is -2.23. The van der Waals surface area contributed by atoms with E-state index in [9.17, 15) is 13.2 Å². The normalized spacial score (nSPS) is 13.5. The Morgan fingerprint density at radius 1 is 1.53 bits per heavy atom. The highest BCUT2D eigenvalue weighted by Gasteiger charge is 2.25. The van der Waals surface area contributed by atoms with Crippen molar-refractivity contribution < 1.29 is 13.2 Å². The van der Waals surface area contributed by atoms with E-state index >= 15 is 0 Å². The summed E-state index contributed by atoms with van der Waals surface area (Å²) < 4.78 is 25.3. The number of sulfonamides is 1. The molecule has 0 radical (unpaired) electrons. The number of hydrogen-bond acceptors (Lipinski definition) is 6. The summed E-state index contributed by atoms with van der Waals surface area (Å²) >= 11 is 6.60. The first kappa shape index (κ1) is 16.3. The number of nitrogens with zero attached hydrogens (tertiary/aromatic N) is 3. The number of amides is 1. The van der Waals surface area contributed by atoms with Crippen LogP contribution >= 0.6 is 22.9 Å². The number of halogens is 1. The molecule has 0 aliphatic rings. The zero-order valence-corrected chi connectivity index (χ0v) is 13.1. The lowest BCUT2D eigenvalue weighted by molar-refractivity contribution is -0.114. The number of carbonyl (C=O) groups is 1. The molecular weight excluding hydrogens is 312 g/mol. The quantitative estimate of drug-likeness (QED) is 0.625. The molecule has 0 aromatic carbocycles. The Labute approximate surface area is 121 Å². The van der Waals surface area contributed by atoms with E-state index in [2.05, 4.69) is 15.5 Å². The summed E-state index contributed by atoms with van der Waals surface area (Å²) in [5.41, 5.74) is 0. The first-order chi connectivity index (χ1) is 8.73. The molecule has 1 rings (SSSR count). The second-order valence-electron chi connectivity index (χ2n) is 3.95. The highest BCUT2D eigenvalue weighted by atomic mass is 35.5. The van der Waals surface area contributed by atoms with E-state index in [-0.39, 0.29) is 20.8 Å². The fourth-order valence-corrected chi connectivity index (χ4v) is 3.55. The average molecular weight is 327 g/mol. The van der Waals surface area contributed by atoms with Gasteiger partial charge in [0.15, 0.2) is 0 Å². The Morgan fingerprint density at radius 2 is 2.16 bits per heavy atom. The molecule has 0 fully saturated rings. The Bertz CT molecular complexity index is 543. The zero-order chi connectivity index (χ0) is 14.6. The Balaban J connectivity index is 2.81. The van der Waals surface area contributed by atoms with Gasteiger partial charge < -0.3 is 5.32 Å². The summed E-state index contributed by atoms with van der Waals surface area (Å²) in [6, 6.07) is 0. The average Bonchev–Trinajstić information content (AvgIpc) is 2.73. The van der Waals surface area contributed by atoms with Crippen molar-refractivity contribution in [2.75, 3.05) is 18.9 Å². The van der Waals surface area contributed by atoms with E-state index in [0.29, 0.717) is 13.0 Å². The summed E-state index contributed by atoms with van der Waals surface area (Å²) in [4.78, 5) is 10.8. The van der Waals surface area contributed by atoms with Crippen LogP contribution in [0.4, 0.5) is 5.13 Å². The summed E-state index contributed by atoms with van der Waals surface area (Å²) in [5.74, 6) is -0.329. The van der Waals surface area contributed by atoms with Crippen LogP contribution in [-0.4, -0.2) is 47.8 Å². The second kappa shape index (κ2) is 6.60. The first-order valence-electron chi connectivity index (χ1n) is 5.45. The van der Waals surface area contributed by atoms with Crippen LogP contribution in [0.2, 0.25) is 0 Å². The van der Waals surface area contributed by atoms with Gasteiger partial charge in [-0.2, -0.15) is 4.31 Å². The molecule has 10 heteroatoms. The van der Waals surface area contributed by atoms with Crippen molar-refractivity contribution in [2.45, 2.75) is 30.0 Å². The van der Waals surface area contributed by atoms with Crippen LogP contribution in [0.5, 0.6) is 0 Å². The molecule has 1 atom stereocenters. The molecule has 7 nitrogen and oxygen atoms in total. The number of anilines is 1. The maximum absolute atomic E-state index is 12.1. The summed E-state index contributed by atoms with van der Waals surface area (Å²) in [6.07, 6.45) is 0.536. The van der Waals surface area contributed by atoms with Crippen LogP contribution in [0.15, 0.2) is 4.34 Å². The molecule has 0 bridgehead atoms. The van der Waals surface area contributed by atoms with Gasteiger partial charge in [0.05, 0.1) is 0 Å². The number of hydrogen-bond donors (Lipinski definition) is 1. The molecule has 0 spiro atoms. The Hall–Kier alpha value is -0.770. The van der Waals surface area contributed by atoms with E-state index < -0.39 is 10.0 Å². The predicted molar refractivity (Wildman–Crippen MR) is 74.0 cm³/mol. The smallest absolute Gasteiger partial charge is 0.272 e. The fraction of sp³-hybridized carbons (Fsp3) is 0.667. The SMILES string of the molecule is CC(=O)Nc1nnc(S(=O)(=O)N(C)CCC(C)Cl)s1. The molecule has 1 unspecified atom stereocenters. The number of alkyl halides is 1. The fourth-order valence-electron chi connectivity index (χ4n) is 1.13. The molecule has 1 N–H and O–H groups in total. The molecule has 0 aliphatic heterocycles. The van der Waals surface area contributed by atoms with Crippen LogP contribution in [0.25, 0.3) is 0 Å². The molecule has 0 saturated heterocycles. The van der Waals surface area contributed by atoms with Gasteiger partial charge in [0, 0.05) is 25.9 Å². The highest BCUT2D eigenvalue weighted by molar-refractivity contribution is 7.91. The molecular formula is C9H15ClN4O3S2. The standard InChI is InChI=1S/C9H15ClN4O3S2/c1-6(10)4-5-14(3)19(16,17)9-13-12-8(18-9)11-7(2)15/h6H,4-5H2,1-3H3,(H,11,12,15). The molecule has 0 saturated carbocycles. The van der Waals surface area contributed by atoms with E-state index in [1.54, 1.807) is 6.92 Å².